The monoisotopic (exact) mass is 215 g/mol. The number of hydrogen-bond donors (Lipinski definition) is 0. The standard InChI is InChI=1S/C13H17N3/c1-13(2,3)11-5-10(6-14-7-11)12-8-16(4)9-15-12/h5-9H,1-4H3. The number of aryl methyl sites for hydroxylation is 1. The first-order chi connectivity index (χ1) is 7.47. The predicted octanol–water partition coefficient (Wildman–Crippen LogP) is 2.78. The topological polar surface area (TPSA) is 30.7 Å². The molecule has 2 rings (SSSR count). The highest BCUT2D eigenvalue weighted by molar-refractivity contribution is 5.58. The molecule has 0 spiro atoms. The molecule has 0 aliphatic heterocycles. The van der Waals surface area contributed by atoms with E-state index in [1.165, 1.54) is 5.56 Å². The molecule has 0 fully saturated rings. The van der Waals surface area contributed by atoms with Gasteiger partial charge in [0.25, 0.3) is 0 Å². The Labute approximate surface area is 96.2 Å². The normalized spacial score (nSPS) is 11.8. The molecular weight excluding hydrogens is 198 g/mol. The van der Waals surface area contributed by atoms with Gasteiger partial charge in [0.05, 0.1) is 12.0 Å². The average Bonchev–Trinajstić information content (AvgIpc) is 2.64. The van der Waals surface area contributed by atoms with Crippen LogP contribution in [0, 0.1) is 0 Å². The van der Waals surface area contributed by atoms with E-state index in [0.717, 1.165) is 11.3 Å². The molecule has 2 heterocycles. The first kappa shape index (κ1) is 10.9. The molecule has 0 atom stereocenters. The minimum Gasteiger partial charge on any atom is -0.340 e. The molecule has 16 heavy (non-hydrogen) atoms. The molecule has 0 saturated carbocycles. The highest BCUT2D eigenvalue weighted by Crippen LogP contribution is 2.25. The Kier molecular flexibility index (Phi) is 2.54. The Balaban J connectivity index is 2.44. The second-order valence-corrected chi connectivity index (χ2v) is 5.14. The van der Waals surface area contributed by atoms with Crippen LogP contribution in [-0.4, -0.2) is 14.5 Å². The minimum absolute atomic E-state index is 0.123. The lowest BCUT2D eigenvalue weighted by Crippen LogP contribution is -2.11. The summed E-state index contributed by atoms with van der Waals surface area (Å²) in [5, 5.41) is 0. The lowest BCUT2D eigenvalue weighted by atomic mass is 9.87. The molecule has 2 aromatic heterocycles. The van der Waals surface area contributed by atoms with Gasteiger partial charge in [-0.15, -0.1) is 0 Å². The van der Waals surface area contributed by atoms with E-state index in [4.69, 9.17) is 0 Å². The summed E-state index contributed by atoms with van der Waals surface area (Å²) in [5.41, 5.74) is 3.41. The summed E-state index contributed by atoms with van der Waals surface area (Å²) in [4.78, 5) is 8.62. The molecule has 0 unspecified atom stereocenters. The largest absolute Gasteiger partial charge is 0.340 e. The van der Waals surface area contributed by atoms with Crippen molar-refractivity contribution in [2.45, 2.75) is 26.2 Å². The third-order valence-electron chi connectivity index (χ3n) is 2.60. The van der Waals surface area contributed by atoms with Crippen molar-refractivity contribution in [3.8, 4) is 11.3 Å². The molecule has 0 saturated heterocycles. The zero-order valence-electron chi connectivity index (χ0n) is 10.2. The van der Waals surface area contributed by atoms with Gasteiger partial charge < -0.3 is 4.57 Å². The first-order valence-corrected chi connectivity index (χ1v) is 5.41. The minimum atomic E-state index is 0.123. The fourth-order valence-electron chi connectivity index (χ4n) is 1.55. The SMILES string of the molecule is Cn1cnc(-c2cncc(C(C)(C)C)c2)c1. The Morgan fingerprint density at radius 2 is 1.94 bits per heavy atom. The molecule has 0 amide bonds. The van der Waals surface area contributed by atoms with Crippen molar-refractivity contribution in [1.82, 2.24) is 14.5 Å². The van der Waals surface area contributed by atoms with E-state index in [1.807, 2.05) is 30.2 Å². The van der Waals surface area contributed by atoms with Crippen LogP contribution in [0.15, 0.2) is 31.0 Å². The number of pyridine rings is 1. The van der Waals surface area contributed by atoms with Crippen LogP contribution >= 0.6 is 0 Å². The number of aromatic nitrogens is 3. The van der Waals surface area contributed by atoms with Crippen LogP contribution < -0.4 is 0 Å². The summed E-state index contributed by atoms with van der Waals surface area (Å²) in [7, 11) is 1.97. The van der Waals surface area contributed by atoms with Crippen molar-refractivity contribution in [3.63, 3.8) is 0 Å². The maximum absolute atomic E-state index is 4.33. The molecule has 0 aromatic carbocycles. The van der Waals surface area contributed by atoms with E-state index in [2.05, 4.69) is 36.8 Å². The van der Waals surface area contributed by atoms with Crippen LogP contribution in [0.3, 0.4) is 0 Å². The van der Waals surface area contributed by atoms with Gasteiger partial charge in [0.15, 0.2) is 0 Å². The van der Waals surface area contributed by atoms with Crippen molar-refractivity contribution in [1.29, 1.82) is 0 Å². The van der Waals surface area contributed by atoms with E-state index < -0.39 is 0 Å². The zero-order chi connectivity index (χ0) is 11.8. The Morgan fingerprint density at radius 3 is 2.50 bits per heavy atom. The third kappa shape index (κ3) is 2.13. The highest BCUT2D eigenvalue weighted by Gasteiger charge is 2.15. The predicted molar refractivity (Wildman–Crippen MR) is 65.1 cm³/mol. The second-order valence-electron chi connectivity index (χ2n) is 5.14. The van der Waals surface area contributed by atoms with Gasteiger partial charge in [-0.1, -0.05) is 20.8 Å². The van der Waals surface area contributed by atoms with Gasteiger partial charge in [0.1, 0.15) is 0 Å². The van der Waals surface area contributed by atoms with Gasteiger partial charge in [-0.05, 0) is 17.0 Å². The summed E-state index contributed by atoms with van der Waals surface area (Å²) in [6, 6.07) is 2.16. The van der Waals surface area contributed by atoms with Crippen LogP contribution in [0.1, 0.15) is 26.3 Å². The fourth-order valence-corrected chi connectivity index (χ4v) is 1.55. The van der Waals surface area contributed by atoms with Crippen molar-refractivity contribution in [2.24, 2.45) is 7.05 Å². The Hall–Kier alpha value is -1.64. The molecule has 0 bridgehead atoms. The van der Waals surface area contributed by atoms with Crippen molar-refractivity contribution >= 4 is 0 Å². The van der Waals surface area contributed by atoms with Crippen molar-refractivity contribution in [2.75, 3.05) is 0 Å². The van der Waals surface area contributed by atoms with Crippen LogP contribution in [0.4, 0.5) is 0 Å². The summed E-state index contributed by atoms with van der Waals surface area (Å²) >= 11 is 0. The Bertz CT molecular complexity index is 492. The quantitative estimate of drug-likeness (QED) is 0.732. The summed E-state index contributed by atoms with van der Waals surface area (Å²) in [5.74, 6) is 0. The van der Waals surface area contributed by atoms with E-state index >= 15 is 0 Å². The molecule has 0 aliphatic rings. The summed E-state index contributed by atoms with van der Waals surface area (Å²) in [6.07, 6.45) is 7.59. The molecule has 0 aliphatic carbocycles. The maximum atomic E-state index is 4.33. The van der Waals surface area contributed by atoms with Crippen molar-refractivity contribution in [3.05, 3.63) is 36.5 Å². The average molecular weight is 215 g/mol. The van der Waals surface area contributed by atoms with Gasteiger partial charge >= 0.3 is 0 Å². The van der Waals surface area contributed by atoms with E-state index in [0.29, 0.717) is 0 Å². The van der Waals surface area contributed by atoms with Gasteiger partial charge in [-0.25, -0.2) is 4.98 Å². The molecule has 84 valence electrons. The molecular formula is C13H17N3. The van der Waals surface area contributed by atoms with Gasteiger partial charge in [-0.3, -0.25) is 4.98 Å². The smallest absolute Gasteiger partial charge is 0.0951 e. The third-order valence-corrected chi connectivity index (χ3v) is 2.60. The van der Waals surface area contributed by atoms with E-state index in [1.54, 1.807) is 6.33 Å². The van der Waals surface area contributed by atoms with Crippen LogP contribution in [0.5, 0.6) is 0 Å². The first-order valence-electron chi connectivity index (χ1n) is 5.41. The lowest BCUT2D eigenvalue weighted by Gasteiger charge is -2.18. The molecule has 0 radical (unpaired) electrons. The number of imidazole rings is 1. The molecule has 3 heteroatoms. The summed E-state index contributed by atoms with van der Waals surface area (Å²) < 4.78 is 1.94. The highest BCUT2D eigenvalue weighted by atomic mass is 15.0. The zero-order valence-corrected chi connectivity index (χ0v) is 10.2. The summed E-state index contributed by atoms with van der Waals surface area (Å²) in [6.45, 7) is 6.56. The van der Waals surface area contributed by atoms with Crippen LogP contribution in [-0.2, 0) is 12.5 Å². The molecule has 3 nitrogen and oxygen atoms in total. The Morgan fingerprint density at radius 1 is 1.19 bits per heavy atom. The van der Waals surface area contributed by atoms with E-state index in [9.17, 15) is 0 Å². The van der Waals surface area contributed by atoms with Gasteiger partial charge in [-0.2, -0.15) is 0 Å². The number of rotatable bonds is 1. The lowest BCUT2D eigenvalue weighted by molar-refractivity contribution is 0.587. The van der Waals surface area contributed by atoms with Gasteiger partial charge in [0.2, 0.25) is 0 Å². The second kappa shape index (κ2) is 3.74. The van der Waals surface area contributed by atoms with Crippen LogP contribution in [0.25, 0.3) is 11.3 Å². The van der Waals surface area contributed by atoms with E-state index in [-0.39, 0.29) is 5.41 Å². The molecule has 0 N–H and O–H groups in total. The van der Waals surface area contributed by atoms with Crippen molar-refractivity contribution < 1.29 is 0 Å². The maximum Gasteiger partial charge on any atom is 0.0951 e. The van der Waals surface area contributed by atoms with Crippen LogP contribution in [0.2, 0.25) is 0 Å². The number of nitrogens with zero attached hydrogens (tertiary/aromatic N) is 3. The number of hydrogen-bond acceptors (Lipinski definition) is 2. The fraction of sp³-hybridized carbons (Fsp3) is 0.385. The van der Waals surface area contributed by atoms with Gasteiger partial charge in [0, 0.05) is 31.2 Å². The molecule has 2 aromatic rings.